The highest BCUT2D eigenvalue weighted by molar-refractivity contribution is 5.93. The van der Waals surface area contributed by atoms with Crippen LogP contribution in [0.4, 0.5) is 11.4 Å². The summed E-state index contributed by atoms with van der Waals surface area (Å²) in [6.07, 6.45) is 0.375. The van der Waals surface area contributed by atoms with Crippen molar-refractivity contribution in [1.29, 1.82) is 0 Å². The first-order valence-corrected chi connectivity index (χ1v) is 10.2. The second-order valence-electron chi connectivity index (χ2n) is 7.46. The first-order chi connectivity index (χ1) is 14.8. The topological polar surface area (TPSA) is 93.1 Å². The number of hydrogen-bond donors (Lipinski definition) is 2. The lowest BCUT2D eigenvalue weighted by Crippen LogP contribution is -2.33. The van der Waals surface area contributed by atoms with Crippen molar-refractivity contribution < 1.29 is 9.59 Å². The fraction of sp³-hybridized carbons (Fsp3) is 0.250. The van der Waals surface area contributed by atoms with Gasteiger partial charge >= 0.3 is 0 Å². The number of nitrogens with one attached hydrogen (secondary N) is 2. The molecule has 7 heteroatoms. The number of carbonyl (C=O) groups excluding carboxylic acids is 2. The number of amides is 2. The molecule has 0 fully saturated rings. The van der Waals surface area contributed by atoms with Crippen molar-refractivity contribution in [2.75, 3.05) is 10.6 Å². The van der Waals surface area contributed by atoms with Gasteiger partial charge in [-0.25, -0.2) is 4.68 Å². The molecular formula is C24H26N4O3. The zero-order valence-corrected chi connectivity index (χ0v) is 18.1. The van der Waals surface area contributed by atoms with Gasteiger partial charge in [0.25, 0.3) is 5.56 Å². The second-order valence-corrected chi connectivity index (χ2v) is 7.46. The minimum Gasteiger partial charge on any atom is -0.326 e. The summed E-state index contributed by atoms with van der Waals surface area (Å²) < 4.78 is 1.17. The lowest BCUT2D eigenvalue weighted by atomic mass is 10.1. The minimum atomic E-state index is -0.807. The van der Waals surface area contributed by atoms with E-state index in [0.717, 1.165) is 16.7 Å². The monoisotopic (exact) mass is 418 g/mol. The standard InChI is InChI=1S/C24H26N4O3/c1-5-22(29)26-21-14-18(9-8-16(21)3)20-12-13-23(30)28(27-20)17(4)24(31)25-19-10-6-15(2)7-11-19/h6-14,17H,5H2,1-4H3,(H,25,31)(H,26,29)/t17-/m0/s1. The normalized spacial score (nSPS) is 11.6. The summed E-state index contributed by atoms with van der Waals surface area (Å²) >= 11 is 0. The summed E-state index contributed by atoms with van der Waals surface area (Å²) in [5.74, 6) is -0.421. The summed E-state index contributed by atoms with van der Waals surface area (Å²) in [6.45, 7) is 7.28. The van der Waals surface area contributed by atoms with Gasteiger partial charge < -0.3 is 10.6 Å². The maximum atomic E-state index is 12.7. The quantitative estimate of drug-likeness (QED) is 0.631. The predicted octanol–water partition coefficient (Wildman–Crippen LogP) is 4.08. The second kappa shape index (κ2) is 9.38. The molecule has 0 radical (unpaired) electrons. The van der Waals surface area contributed by atoms with Crippen molar-refractivity contribution >= 4 is 23.2 Å². The molecule has 160 valence electrons. The fourth-order valence-electron chi connectivity index (χ4n) is 3.01. The molecule has 0 saturated carbocycles. The fourth-order valence-corrected chi connectivity index (χ4v) is 3.01. The van der Waals surface area contributed by atoms with E-state index in [0.29, 0.717) is 23.5 Å². The number of nitrogens with zero attached hydrogens (tertiary/aromatic N) is 2. The maximum Gasteiger partial charge on any atom is 0.267 e. The first-order valence-electron chi connectivity index (χ1n) is 10.2. The van der Waals surface area contributed by atoms with Crippen LogP contribution in [-0.4, -0.2) is 21.6 Å². The van der Waals surface area contributed by atoms with Gasteiger partial charge in [-0.05, 0) is 50.6 Å². The van der Waals surface area contributed by atoms with Gasteiger partial charge in [-0.3, -0.25) is 14.4 Å². The van der Waals surface area contributed by atoms with E-state index in [1.807, 2.05) is 56.3 Å². The largest absolute Gasteiger partial charge is 0.326 e. The Bertz CT molecular complexity index is 1170. The van der Waals surface area contributed by atoms with Gasteiger partial charge in [-0.1, -0.05) is 36.8 Å². The van der Waals surface area contributed by atoms with E-state index in [-0.39, 0.29) is 17.4 Å². The van der Waals surface area contributed by atoms with E-state index < -0.39 is 6.04 Å². The molecule has 1 aromatic heterocycles. The van der Waals surface area contributed by atoms with Crippen LogP contribution in [0.25, 0.3) is 11.3 Å². The summed E-state index contributed by atoms with van der Waals surface area (Å²) in [4.78, 5) is 36.9. The van der Waals surface area contributed by atoms with Crippen molar-refractivity contribution in [3.8, 4) is 11.3 Å². The Hall–Kier alpha value is -3.74. The van der Waals surface area contributed by atoms with Crippen LogP contribution in [0.5, 0.6) is 0 Å². The van der Waals surface area contributed by atoms with Crippen LogP contribution < -0.4 is 16.2 Å². The van der Waals surface area contributed by atoms with Gasteiger partial charge in [0, 0.05) is 29.4 Å². The molecule has 2 amide bonds. The SMILES string of the molecule is CCC(=O)Nc1cc(-c2ccc(=O)n([C@@H](C)C(=O)Nc3ccc(C)cc3)n2)ccc1C. The summed E-state index contributed by atoms with van der Waals surface area (Å²) in [7, 11) is 0. The third kappa shape index (κ3) is 5.25. The maximum absolute atomic E-state index is 12.7. The van der Waals surface area contributed by atoms with Crippen molar-refractivity contribution in [1.82, 2.24) is 9.78 Å². The lowest BCUT2D eigenvalue weighted by Gasteiger charge is -2.16. The zero-order valence-electron chi connectivity index (χ0n) is 18.1. The van der Waals surface area contributed by atoms with E-state index in [4.69, 9.17) is 0 Å². The van der Waals surface area contributed by atoms with Crippen molar-refractivity contribution in [3.05, 3.63) is 76.1 Å². The smallest absolute Gasteiger partial charge is 0.267 e. The van der Waals surface area contributed by atoms with Crippen LogP contribution in [0.2, 0.25) is 0 Å². The molecular weight excluding hydrogens is 392 g/mol. The van der Waals surface area contributed by atoms with E-state index in [1.54, 1.807) is 19.9 Å². The number of anilines is 2. The third-order valence-corrected chi connectivity index (χ3v) is 5.02. The van der Waals surface area contributed by atoms with Gasteiger partial charge in [-0.2, -0.15) is 5.10 Å². The summed E-state index contributed by atoms with van der Waals surface area (Å²) in [5.41, 5.74) is 4.24. The van der Waals surface area contributed by atoms with E-state index in [1.165, 1.54) is 10.7 Å². The molecule has 0 bridgehead atoms. The number of hydrogen-bond acceptors (Lipinski definition) is 4. The van der Waals surface area contributed by atoms with Crippen LogP contribution in [0.15, 0.2) is 59.4 Å². The summed E-state index contributed by atoms with van der Waals surface area (Å²) in [6, 6.07) is 15.2. The van der Waals surface area contributed by atoms with Crippen molar-refractivity contribution in [2.24, 2.45) is 0 Å². The molecule has 0 aliphatic heterocycles. The molecule has 31 heavy (non-hydrogen) atoms. The first kappa shape index (κ1) is 22.0. The van der Waals surface area contributed by atoms with Crippen LogP contribution in [0, 0.1) is 13.8 Å². The number of benzene rings is 2. The molecule has 0 saturated heterocycles. The predicted molar refractivity (Wildman–Crippen MR) is 122 cm³/mol. The molecule has 2 N–H and O–H groups in total. The molecule has 0 unspecified atom stereocenters. The average molecular weight is 418 g/mol. The van der Waals surface area contributed by atoms with Crippen LogP contribution in [0.3, 0.4) is 0 Å². The third-order valence-electron chi connectivity index (χ3n) is 5.02. The molecule has 2 aromatic carbocycles. The van der Waals surface area contributed by atoms with E-state index in [9.17, 15) is 14.4 Å². The Morgan fingerprint density at radius 1 is 1.00 bits per heavy atom. The highest BCUT2D eigenvalue weighted by Crippen LogP contribution is 2.24. The van der Waals surface area contributed by atoms with Gasteiger partial charge in [0.2, 0.25) is 11.8 Å². The Balaban J connectivity index is 1.88. The Kier molecular flexibility index (Phi) is 6.65. The highest BCUT2D eigenvalue weighted by Gasteiger charge is 2.18. The average Bonchev–Trinajstić information content (AvgIpc) is 2.76. The molecule has 0 aliphatic rings. The minimum absolute atomic E-state index is 0.0837. The van der Waals surface area contributed by atoms with Crippen molar-refractivity contribution in [3.63, 3.8) is 0 Å². The molecule has 1 heterocycles. The number of aromatic nitrogens is 2. The number of carbonyl (C=O) groups is 2. The Labute approximate surface area is 181 Å². The Morgan fingerprint density at radius 3 is 2.39 bits per heavy atom. The van der Waals surface area contributed by atoms with Crippen LogP contribution >= 0.6 is 0 Å². The number of rotatable bonds is 6. The van der Waals surface area contributed by atoms with E-state index in [2.05, 4.69) is 15.7 Å². The molecule has 0 aliphatic carbocycles. The zero-order chi connectivity index (χ0) is 22.5. The van der Waals surface area contributed by atoms with Gasteiger partial charge in [0.05, 0.1) is 5.69 Å². The van der Waals surface area contributed by atoms with Gasteiger partial charge in [0.15, 0.2) is 0 Å². The lowest BCUT2D eigenvalue weighted by molar-refractivity contribution is -0.119. The number of aryl methyl sites for hydroxylation is 2. The van der Waals surface area contributed by atoms with Gasteiger partial charge in [0.1, 0.15) is 6.04 Å². The van der Waals surface area contributed by atoms with Crippen LogP contribution in [-0.2, 0) is 9.59 Å². The molecule has 7 nitrogen and oxygen atoms in total. The van der Waals surface area contributed by atoms with Gasteiger partial charge in [-0.15, -0.1) is 0 Å². The molecule has 0 spiro atoms. The van der Waals surface area contributed by atoms with E-state index >= 15 is 0 Å². The Morgan fingerprint density at radius 2 is 1.71 bits per heavy atom. The summed E-state index contributed by atoms with van der Waals surface area (Å²) in [5, 5.41) is 10.1. The molecule has 3 aromatic rings. The molecule has 1 atom stereocenters. The van der Waals surface area contributed by atoms with Crippen LogP contribution in [0.1, 0.15) is 37.4 Å². The highest BCUT2D eigenvalue weighted by atomic mass is 16.2. The molecule has 3 rings (SSSR count). The van der Waals surface area contributed by atoms with Crippen molar-refractivity contribution in [2.45, 2.75) is 40.2 Å².